The molecule has 0 aliphatic carbocycles. The number of fused-ring (bicyclic) bond motifs is 1. The van der Waals surface area contributed by atoms with E-state index in [1.54, 1.807) is 11.3 Å². The third-order valence-corrected chi connectivity index (χ3v) is 4.97. The first-order valence-electron chi connectivity index (χ1n) is 7.31. The maximum absolute atomic E-state index is 6.16. The lowest BCUT2D eigenvalue weighted by atomic mass is 10.0. The van der Waals surface area contributed by atoms with Crippen molar-refractivity contribution in [1.29, 1.82) is 0 Å². The molecule has 2 aromatic heterocycles. The van der Waals surface area contributed by atoms with Crippen LogP contribution in [-0.2, 0) is 17.7 Å². The van der Waals surface area contributed by atoms with Gasteiger partial charge in [-0.05, 0) is 13.3 Å². The highest BCUT2D eigenvalue weighted by Gasteiger charge is 2.42. The van der Waals surface area contributed by atoms with Gasteiger partial charge in [-0.25, -0.2) is 4.98 Å². The van der Waals surface area contributed by atoms with Crippen LogP contribution < -0.4 is 0 Å². The number of likely N-dealkylation sites (tertiary alicyclic amines) is 1. The normalized spacial score (nSPS) is 29.1. The molecule has 2 aromatic rings. The van der Waals surface area contributed by atoms with Gasteiger partial charge in [-0.15, -0.1) is 11.3 Å². The zero-order valence-electron chi connectivity index (χ0n) is 11.9. The Labute approximate surface area is 127 Å². The van der Waals surface area contributed by atoms with Gasteiger partial charge in [0.2, 0.25) is 5.89 Å². The minimum atomic E-state index is 0.224. The number of ether oxygens (including phenoxy) is 1. The van der Waals surface area contributed by atoms with E-state index in [9.17, 15) is 0 Å². The van der Waals surface area contributed by atoms with E-state index in [1.807, 2.05) is 18.5 Å². The van der Waals surface area contributed by atoms with Gasteiger partial charge in [0.1, 0.15) is 5.01 Å². The van der Waals surface area contributed by atoms with Gasteiger partial charge in [0, 0.05) is 30.6 Å². The fraction of sp³-hybridized carbons (Fsp3) is 0.643. The predicted octanol–water partition coefficient (Wildman–Crippen LogP) is 1.67. The molecular formula is C14H18N4O2S. The Hall–Kier alpha value is -1.31. The predicted molar refractivity (Wildman–Crippen MR) is 76.9 cm³/mol. The summed E-state index contributed by atoms with van der Waals surface area (Å²) in [5.74, 6) is 2.01. The lowest BCUT2D eigenvalue weighted by Crippen LogP contribution is -2.25. The van der Waals surface area contributed by atoms with Crippen LogP contribution in [-0.4, -0.2) is 45.3 Å². The van der Waals surface area contributed by atoms with E-state index in [-0.39, 0.29) is 6.10 Å². The van der Waals surface area contributed by atoms with Gasteiger partial charge in [-0.3, -0.25) is 4.90 Å². The molecule has 0 unspecified atom stereocenters. The smallest absolute Gasteiger partial charge is 0.229 e. The molecule has 0 amide bonds. The van der Waals surface area contributed by atoms with Crippen LogP contribution in [0.25, 0.3) is 0 Å². The Morgan fingerprint density at radius 1 is 1.43 bits per heavy atom. The molecule has 21 heavy (non-hydrogen) atoms. The van der Waals surface area contributed by atoms with E-state index in [0.29, 0.717) is 23.7 Å². The Morgan fingerprint density at radius 3 is 3.10 bits per heavy atom. The Kier molecular flexibility index (Phi) is 3.48. The standard InChI is InChI=1S/C14H18N4O2S/c1-9-16-13(20-17-9)5-11-4-10-6-18(7-12(10)19-11)8-14-15-2-3-21-14/h2-3,10-12H,4-8H2,1H3/t10-,11-,12+/m0/s1. The van der Waals surface area contributed by atoms with Crippen molar-refractivity contribution in [3.8, 4) is 0 Å². The van der Waals surface area contributed by atoms with Crippen LogP contribution in [0, 0.1) is 12.8 Å². The molecule has 0 aromatic carbocycles. The average molecular weight is 306 g/mol. The van der Waals surface area contributed by atoms with Gasteiger partial charge in [-0.1, -0.05) is 5.16 Å². The summed E-state index contributed by atoms with van der Waals surface area (Å²) in [5, 5.41) is 7.05. The van der Waals surface area contributed by atoms with Gasteiger partial charge in [0.05, 0.1) is 25.2 Å². The van der Waals surface area contributed by atoms with Crippen molar-refractivity contribution in [1.82, 2.24) is 20.0 Å². The second-order valence-electron chi connectivity index (χ2n) is 5.85. The summed E-state index contributed by atoms with van der Waals surface area (Å²) in [5.41, 5.74) is 0. The molecular weight excluding hydrogens is 288 g/mol. The molecule has 2 aliphatic heterocycles. The lowest BCUT2D eigenvalue weighted by Gasteiger charge is -2.17. The Morgan fingerprint density at radius 2 is 2.38 bits per heavy atom. The first kappa shape index (κ1) is 13.4. The zero-order valence-corrected chi connectivity index (χ0v) is 12.8. The molecule has 0 N–H and O–H groups in total. The average Bonchev–Trinajstić information content (AvgIpc) is 3.16. The second kappa shape index (κ2) is 5.47. The molecule has 2 saturated heterocycles. The third-order valence-electron chi connectivity index (χ3n) is 4.20. The fourth-order valence-electron chi connectivity index (χ4n) is 3.35. The van der Waals surface area contributed by atoms with Crippen molar-refractivity contribution in [3.05, 3.63) is 28.3 Å². The Balaban J connectivity index is 1.31. The molecule has 6 nitrogen and oxygen atoms in total. The van der Waals surface area contributed by atoms with Crippen molar-refractivity contribution in [3.63, 3.8) is 0 Å². The highest BCUT2D eigenvalue weighted by atomic mass is 32.1. The van der Waals surface area contributed by atoms with Gasteiger partial charge in [0.25, 0.3) is 0 Å². The van der Waals surface area contributed by atoms with Gasteiger partial charge in [0.15, 0.2) is 5.82 Å². The lowest BCUT2D eigenvalue weighted by molar-refractivity contribution is 0.0343. The SMILES string of the molecule is Cc1noc(C[C@@H]2C[C@H]3CN(Cc4nccs4)C[C@H]3O2)n1. The topological polar surface area (TPSA) is 64.3 Å². The van der Waals surface area contributed by atoms with E-state index < -0.39 is 0 Å². The van der Waals surface area contributed by atoms with Crippen molar-refractivity contribution >= 4 is 11.3 Å². The van der Waals surface area contributed by atoms with E-state index in [2.05, 4.69) is 20.0 Å². The molecule has 4 heterocycles. The maximum atomic E-state index is 6.16. The first-order chi connectivity index (χ1) is 10.3. The van der Waals surface area contributed by atoms with Gasteiger partial charge < -0.3 is 9.26 Å². The van der Waals surface area contributed by atoms with Crippen LogP contribution in [0.4, 0.5) is 0 Å². The zero-order chi connectivity index (χ0) is 14.2. The Bertz CT molecular complexity index is 586. The molecule has 4 rings (SSSR count). The summed E-state index contributed by atoms with van der Waals surface area (Å²) in [7, 11) is 0. The number of thiazole rings is 1. The van der Waals surface area contributed by atoms with Crippen LogP contribution in [0.15, 0.2) is 16.1 Å². The summed E-state index contributed by atoms with van der Waals surface area (Å²) < 4.78 is 11.3. The van der Waals surface area contributed by atoms with E-state index in [4.69, 9.17) is 9.26 Å². The highest BCUT2D eigenvalue weighted by molar-refractivity contribution is 7.09. The van der Waals surface area contributed by atoms with Crippen molar-refractivity contribution in [2.45, 2.75) is 38.5 Å². The van der Waals surface area contributed by atoms with Crippen LogP contribution in [0.5, 0.6) is 0 Å². The van der Waals surface area contributed by atoms with Crippen molar-refractivity contribution < 1.29 is 9.26 Å². The minimum absolute atomic E-state index is 0.224. The number of aryl methyl sites for hydroxylation is 1. The van der Waals surface area contributed by atoms with Crippen LogP contribution in [0.3, 0.4) is 0 Å². The number of hydrogen-bond donors (Lipinski definition) is 0. The molecule has 7 heteroatoms. The molecule has 0 spiro atoms. The summed E-state index contributed by atoms with van der Waals surface area (Å²) in [6, 6.07) is 0. The molecule has 2 fully saturated rings. The summed E-state index contributed by atoms with van der Waals surface area (Å²) in [6.45, 7) is 4.89. The van der Waals surface area contributed by atoms with Crippen molar-refractivity contribution in [2.24, 2.45) is 5.92 Å². The van der Waals surface area contributed by atoms with Gasteiger partial charge in [-0.2, -0.15) is 4.98 Å². The minimum Gasteiger partial charge on any atom is -0.373 e. The molecule has 0 radical (unpaired) electrons. The molecule has 112 valence electrons. The van der Waals surface area contributed by atoms with Crippen LogP contribution in [0.1, 0.15) is 23.1 Å². The van der Waals surface area contributed by atoms with Crippen LogP contribution >= 0.6 is 11.3 Å². The summed E-state index contributed by atoms with van der Waals surface area (Å²) >= 11 is 1.72. The monoisotopic (exact) mass is 306 g/mol. The summed E-state index contributed by atoms with van der Waals surface area (Å²) in [4.78, 5) is 11.1. The van der Waals surface area contributed by atoms with E-state index in [0.717, 1.165) is 32.5 Å². The quantitative estimate of drug-likeness (QED) is 0.856. The van der Waals surface area contributed by atoms with Gasteiger partial charge >= 0.3 is 0 Å². The van der Waals surface area contributed by atoms with E-state index in [1.165, 1.54) is 5.01 Å². The largest absolute Gasteiger partial charge is 0.373 e. The molecule has 2 aliphatic rings. The second-order valence-corrected chi connectivity index (χ2v) is 6.83. The number of hydrogen-bond acceptors (Lipinski definition) is 7. The highest BCUT2D eigenvalue weighted by Crippen LogP contribution is 2.34. The molecule has 0 bridgehead atoms. The van der Waals surface area contributed by atoms with E-state index >= 15 is 0 Å². The number of nitrogens with zero attached hydrogens (tertiary/aromatic N) is 4. The van der Waals surface area contributed by atoms with Crippen molar-refractivity contribution in [2.75, 3.05) is 13.1 Å². The fourth-order valence-corrected chi connectivity index (χ4v) is 4.01. The summed E-state index contributed by atoms with van der Waals surface area (Å²) in [6.07, 6.45) is 4.26. The molecule has 3 atom stereocenters. The third kappa shape index (κ3) is 2.86. The number of aromatic nitrogens is 3. The molecule has 0 saturated carbocycles. The first-order valence-corrected chi connectivity index (χ1v) is 8.19. The van der Waals surface area contributed by atoms with Crippen LogP contribution in [0.2, 0.25) is 0 Å². The maximum Gasteiger partial charge on any atom is 0.229 e. The number of rotatable bonds is 4.